The number of aliphatic hydroxyl groups is 2. The molecule has 1 saturated heterocycles. The Bertz CT molecular complexity index is 519. The molecule has 3 atom stereocenters. The summed E-state index contributed by atoms with van der Waals surface area (Å²) in [4.78, 5) is 2.43. The van der Waals surface area contributed by atoms with Crippen molar-refractivity contribution in [3.05, 3.63) is 17.5 Å². The summed E-state index contributed by atoms with van der Waals surface area (Å²) in [6.07, 6.45) is 5.41. The minimum Gasteiger partial charge on any atom is -0.394 e. The molecule has 0 unspecified atom stereocenters. The number of ether oxygens (including phenoxy) is 1. The maximum Gasteiger partial charge on any atom is 0.0847 e. The second-order valence-electron chi connectivity index (χ2n) is 6.66. The summed E-state index contributed by atoms with van der Waals surface area (Å²) >= 11 is 0. The van der Waals surface area contributed by atoms with Crippen LogP contribution in [0.1, 0.15) is 36.9 Å². The van der Waals surface area contributed by atoms with Crippen LogP contribution in [-0.2, 0) is 17.8 Å². The maximum absolute atomic E-state index is 10.1. The van der Waals surface area contributed by atoms with Gasteiger partial charge >= 0.3 is 0 Å². The summed E-state index contributed by atoms with van der Waals surface area (Å²) in [5.41, 5.74) is 2.12. The molecule has 2 fully saturated rings. The second-order valence-corrected chi connectivity index (χ2v) is 6.66. The Morgan fingerprint density at radius 1 is 1.45 bits per heavy atom. The van der Waals surface area contributed by atoms with Crippen molar-refractivity contribution in [1.82, 2.24) is 14.7 Å². The average molecular weight is 309 g/mol. The molecule has 2 heterocycles. The van der Waals surface area contributed by atoms with Gasteiger partial charge in [-0.15, -0.1) is 0 Å². The summed E-state index contributed by atoms with van der Waals surface area (Å²) in [6, 6.07) is 0.279. The van der Waals surface area contributed by atoms with Crippen LogP contribution >= 0.6 is 0 Å². The van der Waals surface area contributed by atoms with E-state index < -0.39 is 0 Å². The second kappa shape index (κ2) is 6.28. The molecule has 0 aromatic carbocycles. The highest BCUT2D eigenvalue weighted by atomic mass is 16.5. The monoisotopic (exact) mass is 309 g/mol. The quantitative estimate of drug-likeness (QED) is 0.837. The van der Waals surface area contributed by atoms with Gasteiger partial charge in [0.1, 0.15) is 0 Å². The Kier molecular flexibility index (Phi) is 4.54. The molecule has 22 heavy (non-hydrogen) atoms. The van der Waals surface area contributed by atoms with Gasteiger partial charge in [-0.3, -0.25) is 9.58 Å². The highest BCUT2D eigenvalue weighted by molar-refractivity contribution is 5.17. The smallest absolute Gasteiger partial charge is 0.0847 e. The van der Waals surface area contributed by atoms with Crippen LogP contribution < -0.4 is 0 Å². The van der Waals surface area contributed by atoms with Crippen molar-refractivity contribution in [1.29, 1.82) is 0 Å². The lowest BCUT2D eigenvalue weighted by Gasteiger charge is -2.42. The highest BCUT2D eigenvalue weighted by Gasteiger charge is 2.50. The van der Waals surface area contributed by atoms with E-state index in [9.17, 15) is 5.11 Å². The number of likely N-dealkylation sites (tertiary alicyclic amines) is 1. The van der Waals surface area contributed by atoms with Crippen LogP contribution in [0.15, 0.2) is 6.20 Å². The van der Waals surface area contributed by atoms with E-state index in [1.807, 2.05) is 13.1 Å². The van der Waals surface area contributed by atoms with Crippen LogP contribution in [-0.4, -0.2) is 62.9 Å². The Morgan fingerprint density at radius 2 is 2.27 bits per heavy atom. The molecule has 0 bridgehead atoms. The Balaban J connectivity index is 1.75. The van der Waals surface area contributed by atoms with E-state index in [4.69, 9.17) is 9.84 Å². The zero-order chi connectivity index (χ0) is 15.7. The number of methoxy groups -OCH3 is 1. The van der Waals surface area contributed by atoms with Crippen molar-refractivity contribution < 1.29 is 14.9 Å². The van der Waals surface area contributed by atoms with Crippen LogP contribution in [0.4, 0.5) is 0 Å². The number of aryl methyl sites for hydroxylation is 1. The van der Waals surface area contributed by atoms with E-state index in [1.54, 1.807) is 11.8 Å². The van der Waals surface area contributed by atoms with Gasteiger partial charge in [0.2, 0.25) is 0 Å². The first-order valence-corrected chi connectivity index (χ1v) is 8.19. The topological polar surface area (TPSA) is 70.8 Å². The fourth-order valence-electron chi connectivity index (χ4n) is 4.11. The summed E-state index contributed by atoms with van der Waals surface area (Å²) in [5, 5.41) is 23.5. The van der Waals surface area contributed by atoms with Gasteiger partial charge in [0.05, 0.1) is 30.6 Å². The molecule has 6 heteroatoms. The largest absolute Gasteiger partial charge is 0.394 e. The number of rotatable bonds is 5. The van der Waals surface area contributed by atoms with E-state index in [0.717, 1.165) is 44.5 Å². The van der Waals surface area contributed by atoms with Crippen molar-refractivity contribution in [3.8, 4) is 0 Å². The van der Waals surface area contributed by atoms with Gasteiger partial charge in [0.25, 0.3) is 0 Å². The van der Waals surface area contributed by atoms with Gasteiger partial charge in [-0.25, -0.2) is 0 Å². The highest BCUT2D eigenvalue weighted by Crippen LogP contribution is 2.43. The lowest BCUT2D eigenvalue weighted by molar-refractivity contribution is -0.0879. The standard InChI is InChI=1S/C16H27N3O3/c1-12-13(11-19(17-12)7-8-20)10-18-6-5-16(22-2)4-3-14(21)9-15(16)18/h11,14-15,20-21H,3-10H2,1-2H3/t14-,15+,16-/m1/s1. The van der Waals surface area contributed by atoms with E-state index in [0.29, 0.717) is 6.54 Å². The third kappa shape index (κ3) is 2.80. The molecule has 1 aromatic rings. The molecule has 2 aliphatic rings. The number of fused-ring (bicyclic) bond motifs is 1. The number of hydrogen-bond acceptors (Lipinski definition) is 5. The van der Waals surface area contributed by atoms with Gasteiger partial charge in [-0.05, 0) is 32.6 Å². The van der Waals surface area contributed by atoms with Crippen molar-refractivity contribution in [3.63, 3.8) is 0 Å². The molecule has 2 N–H and O–H groups in total. The first-order valence-electron chi connectivity index (χ1n) is 8.19. The van der Waals surface area contributed by atoms with E-state index in [2.05, 4.69) is 10.00 Å². The lowest BCUT2D eigenvalue weighted by atomic mass is 9.79. The van der Waals surface area contributed by atoms with Crippen LogP contribution in [0.2, 0.25) is 0 Å². The average Bonchev–Trinajstić information content (AvgIpc) is 3.02. The fourth-order valence-corrected chi connectivity index (χ4v) is 4.11. The van der Waals surface area contributed by atoms with E-state index in [-0.39, 0.29) is 24.4 Å². The molecule has 124 valence electrons. The minimum absolute atomic E-state index is 0.0891. The predicted molar refractivity (Wildman–Crippen MR) is 82.5 cm³/mol. The van der Waals surface area contributed by atoms with Crippen molar-refractivity contribution in [2.75, 3.05) is 20.3 Å². The summed E-state index contributed by atoms with van der Waals surface area (Å²) in [7, 11) is 1.80. The van der Waals surface area contributed by atoms with Crippen LogP contribution in [0.25, 0.3) is 0 Å². The molecule has 3 rings (SSSR count). The number of aliphatic hydroxyl groups excluding tert-OH is 2. The number of hydrogen-bond donors (Lipinski definition) is 2. The fraction of sp³-hybridized carbons (Fsp3) is 0.812. The minimum atomic E-state index is -0.216. The summed E-state index contributed by atoms with van der Waals surface area (Å²) < 4.78 is 7.69. The number of aromatic nitrogens is 2. The molecular weight excluding hydrogens is 282 g/mol. The first kappa shape index (κ1) is 15.9. The SMILES string of the molecule is CO[C@@]12CC[C@@H](O)C[C@@H]1N(Cc1cn(CCO)nc1C)CC2. The third-order valence-electron chi connectivity index (χ3n) is 5.42. The van der Waals surface area contributed by atoms with Crippen LogP contribution in [0.5, 0.6) is 0 Å². The maximum atomic E-state index is 10.1. The first-order chi connectivity index (χ1) is 10.6. The van der Waals surface area contributed by atoms with E-state index >= 15 is 0 Å². The zero-order valence-electron chi connectivity index (χ0n) is 13.5. The Morgan fingerprint density at radius 3 is 3.00 bits per heavy atom. The van der Waals surface area contributed by atoms with Gasteiger partial charge in [0.15, 0.2) is 0 Å². The molecule has 0 amide bonds. The van der Waals surface area contributed by atoms with E-state index in [1.165, 1.54) is 5.56 Å². The lowest BCUT2D eigenvalue weighted by Crippen LogP contribution is -2.51. The Labute approximate surface area is 131 Å². The molecule has 1 aliphatic carbocycles. The van der Waals surface area contributed by atoms with Crippen LogP contribution in [0.3, 0.4) is 0 Å². The molecule has 6 nitrogen and oxygen atoms in total. The third-order valence-corrected chi connectivity index (χ3v) is 5.42. The van der Waals surface area contributed by atoms with Gasteiger partial charge in [-0.1, -0.05) is 0 Å². The van der Waals surface area contributed by atoms with Crippen molar-refractivity contribution in [2.45, 2.75) is 63.4 Å². The molecule has 1 saturated carbocycles. The van der Waals surface area contributed by atoms with Crippen LogP contribution in [0, 0.1) is 6.92 Å². The zero-order valence-corrected chi connectivity index (χ0v) is 13.5. The molecular formula is C16H27N3O3. The molecule has 0 spiro atoms. The predicted octanol–water partition coefficient (Wildman–Crippen LogP) is 0.688. The summed E-state index contributed by atoms with van der Waals surface area (Å²) in [5.74, 6) is 0. The van der Waals surface area contributed by atoms with Crippen molar-refractivity contribution in [2.24, 2.45) is 0 Å². The summed E-state index contributed by atoms with van der Waals surface area (Å²) in [6.45, 7) is 4.48. The molecule has 1 aromatic heterocycles. The Hall–Kier alpha value is -0.950. The molecule has 1 aliphatic heterocycles. The normalized spacial score (nSPS) is 32.4. The van der Waals surface area contributed by atoms with Gasteiger partial charge in [-0.2, -0.15) is 5.10 Å². The van der Waals surface area contributed by atoms with Gasteiger partial charge < -0.3 is 14.9 Å². The van der Waals surface area contributed by atoms with Crippen molar-refractivity contribution >= 4 is 0 Å². The van der Waals surface area contributed by atoms with Gasteiger partial charge in [0, 0.05) is 38.0 Å². The number of nitrogens with zero attached hydrogens (tertiary/aromatic N) is 3. The molecule has 0 radical (unpaired) electrons.